The molecule has 1 amide bonds. The molecule has 1 aromatic rings. The summed E-state index contributed by atoms with van der Waals surface area (Å²) < 4.78 is 0. The summed E-state index contributed by atoms with van der Waals surface area (Å²) >= 11 is 0. The number of amides is 1. The molecular formula is C16H25N3O. The Morgan fingerprint density at radius 1 is 1.40 bits per heavy atom. The van der Waals surface area contributed by atoms with Gasteiger partial charge in [0.2, 0.25) is 5.91 Å². The Bertz CT molecular complexity index is 442. The third-order valence-corrected chi connectivity index (χ3v) is 4.02. The van der Waals surface area contributed by atoms with E-state index >= 15 is 0 Å². The number of nitrogens with zero attached hydrogens (tertiary/aromatic N) is 3. The highest BCUT2D eigenvalue weighted by Crippen LogP contribution is 2.28. The van der Waals surface area contributed by atoms with Crippen molar-refractivity contribution >= 4 is 5.91 Å². The van der Waals surface area contributed by atoms with E-state index in [1.165, 1.54) is 5.56 Å². The van der Waals surface area contributed by atoms with Crippen LogP contribution >= 0.6 is 0 Å². The summed E-state index contributed by atoms with van der Waals surface area (Å²) in [6, 6.07) is 4.22. The molecule has 4 heteroatoms. The van der Waals surface area contributed by atoms with E-state index in [9.17, 15) is 4.79 Å². The highest BCUT2D eigenvalue weighted by Gasteiger charge is 2.26. The van der Waals surface area contributed by atoms with Crippen molar-refractivity contribution in [3.63, 3.8) is 0 Å². The van der Waals surface area contributed by atoms with Crippen molar-refractivity contribution in [3.8, 4) is 0 Å². The number of aryl methyl sites for hydroxylation is 1. The Labute approximate surface area is 121 Å². The second-order valence-corrected chi connectivity index (χ2v) is 5.81. The van der Waals surface area contributed by atoms with E-state index in [4.69, 9.17) is 0 Å². The number of likely N-dealkylation sites (N-methyl/N-ethyl adjacent to an activating group) is 1. The second kappa shape index (κ2) is 6.84. The molecule has 1 aliphatic rings. The molecule has 110 valence electrons. The Hall–Kier alpha value is -1.42. The molecule has 0 aromatic carbocycles. The number of aromatic nitrogens is 1. The van der Waals surface area contributed by atoms with Gasteiger partial charge in [0, 0.05) is 37.9 Å². The number of rotatable bonds is 5. The molecule has 1 atom stereocenters. The van der Waals surface area contributed by atoms with Gasteiger partial charge < -0.3 is 9.80 Å². The van der Waals surface area contributed by atoms with Gasteiger partial charge in [-0.1, -0.05) is 13.0 Å². The van der Waals surface area contributed by atoms with Crippen LogP contribution in [0.4, 0.5) is 0 Å². The number of carbonyl (C=O) groups is 1. The first-order valence-electron chi connectivity index (χ1n) is 7.47. The first-order chi connectivity index (χ1) is 9.60. The minimum absolute atomic E-state index is 0.280. The van der Waals surface area contributed by atoms with Crippen LogP contribution in [0.1, 0.15) is 36.9 Å². The summed E-state index contributed by atoms with van der Waals surface area (Å²) in [6.45, 7) is 4.75. The summed E-state index contributed by atoms with van der Waals surface area (Å²) in [7, 11) is 4.08. The molecule has 1 aliphatic heterocycles. The SMILES string of the molecule is CCc1ccc([C@@H]2CCN(CCN(C)C)C(=O)C2)cn1. The van der Waals surface area contributed by atoms with Crippen LogP contribution in [0.5, 0.6) is 0 Å². The van der Waals surface area contributed by atoms with Crippen LogP contribution in [0, 0.1) is 0 Å². The Kier molecular flexibility index (Phi) is 5.12. The summed E-state index contributed by atoms with van der Waals surface area (Å²) in [5, 5.41) is 0. The zero-order valence-electron chi connectivity index (χ0n) is 12.8. The maximum Gasteiger partial charge on any atom is 0.223 e. The van der Waals surface area contributed by atoms with Gasteiger partial charge in [-0.3, -0.25) is 9.78 Å². The van der Waals surface area contributed by atoms with E-state index < -0.39 is 0 Å². The smallest absolute Gasteiger partial charge is 0.223 e. The maximum absolute atomic E-state index is 12.2. The van der Waals surface area contributed by atoms with Gasteiger partial charge in [-0.2, -0.15) is 0 Å². The lowest BCUT2D eigenvalue weighted by Crippen LogP contribution is -2.41. The van der Waals surface area contributed by atoms with Crippen LogP contribution in [0.25, 0.3) is 0 Å². The van der Waals surface area contributed by atoms with Crippen molar-refractivity contribution in [1.29, 1.82) is 0 Å². The summed E-state index contributed by atoms with van der Waals surface area (Å²) in [5.41, 5.74) is 2.33. The lowest BCUT2D eigenvalue weighted by molar-refractivity contribution is -0.134. The van der Waals surface area contributed by atoms with Gasteiger partial charge in [0.15, 0.2) is 0 Å². The van der Waals surface area contributed by atoms with Crippen molar-refractivity contribution in [1.82, 2.24) is 14.8 Å². The number of hydrogen-bond donors (Lipinski definition) is 0. The van der Waals surface area contributed by atoms with Crippen LogP contribution in [-0.4, -0.2) is 54.4 Å². The predicted octanol–water partition coefficient (Wildman–Crippen LogP) is 1.91. The fourth-order valence-electron chi connectivity index (χ4n) is 2.61. The molecule has 1 saturated heterocycles. The summed E-state index contributed by atoms with van der Waals surface area (Å²) in [5.74, 6) is 0.624. The monoisotopic (exact) mass is 275 g/mol. The van der Waals surface area contributed by atoms with Crippen LogP contribution in [0.15, 0.2) is 18.3 Å². The van der Waals surface area contributed by atoms with Gasteiger partial charge in [0.1, 0.15) is 0 Å². The predicted molar refractivity (Wildman–Crippen MR) is 80.7 cm³/mol. The zero-order valence-corrected chi connectivity index (χ0v) is 12.8. The van der Waals surface area contributed by atoms with Gasteiger partial charge in [-0.15, -0.1) is 0 Å². The number of piperidine rings is 1. The average molecular weight is 275 g/mol. The average Bonchev–Trinajstić information content (AvgIpc) is 2.46. The topological polar surface area (TPSA) is 36.4 Å². The van der Waals surface area contributed by atoms with E-state index in [-0.39, 0.29) is 5.91 Å². The Morgan fingerprint density at radius 2 is 2.20 bits per heavy atom. The van der Waals surface area contributed by atoms with E-state index in [0.29, 0.717) is 12.3 Å². The normalized spacial score (nSPS) is 19.7. The fraction of sp³-hybridized carbons (Fsp3) is 0.625. The quantitative estimate of drug-likeness (QED) is 0.823. The zero-order chi connectivity index (χ0) is 14.5. The first kappa shape index (κ1) is 15.0. The first-order valence-corrected chi connectivity index (χ1v) is 7.47. The number of pyridine rings is 1. The molecule has 1 fully saturated rings. The van der Waals surface area contributed by atoms with Crippen molar-refractivity contribution < 1.29 is 4.79 Å². The van der Waals surface area contributed by atoms with Gasteiger partial charge in [0.05, 0.1) is 0 Å². The lowest BCUT2D eigenvalue weighted by atomic mass is 9.90. The minimum atomic E-state index is 0.280. The molecule has 0 saturated carbocycles. The maximum atomic E-state index is 12.2. The molecule has 1 aromatic heterocycles. The molecular weight excluding hydrogens is 250 g/mol. The molecule has 0 N–H and O–H groups in total. The van der Waals surface area contributed by atoms with Crippen molar-refractivity contribution in [3.05, 3.63) is 29.6 Å². The standard InChI is InChI=1S/C16H25N3O/c1-4-15-6-5-14(12-17-15)13-7-8-19(16(20)11-13)10-9-18(2)3/h5-6,12-13H,4,7-11H2,1-3H3/t13-/m1/s1. The number of hydrogen-bond acceptors (Lipinski definition) is 3. The molecule has 0 spiro atoms. The van der Waals surface area contributed by atoms with E-state index in [1.807, 2.05) is 25.2 Å². The van der Waals surface area contributed by atoms with Crippen LogP contribution in [0.2, 0.25) is 0 Å². The van der Waals surface area contributed by atoms with Gasteiger partial charge in [-0.05, 0) is 44.5 Å². The largest absolute Gasteiger partial charge is 0.341 e. The molecule has 2 rings (SSSR count). The van der Waals surface area contributed by atoms with Crippen molar-refractivity contribution in [2.24, 2.45) is 0 Å². The highest BCUT2D eigenvalue weighted by molar-refractivity contribution is 5.78. The van der Waals surface area contributed by atoms with E-state index in [2.05, 4.69) is 28.9 Å². The molecule has 0 unspecified atom stereocenters. The lowest BCUT2D eigenvalue weighted by Gasteiger charge is -2.32. The summed E-state index contributed by atoms with van der Waals surface area (Å²) in [4.78, 5) is 20.8. The van der Waals surface area contributed by atoms with Crippen LogP contribution < -0.4 is 0 Å². The van der Waals surface area contributed by atoms with Gasteiger partial charge in [0.25, 0.3) is 0 Å². The minimum Gasteiger partial charge on any atom is -0.341 e. The van der Waals surface area contributed by atoms with Crippen molar-refractivity contribution in [2.75, 3.05) is 33.7 Å². The molecule has 0 bridgehead atoms. The van der Waals surface area contributed by atoms with Crippen LogP contribution in [0.3, 0.4) is 0 Å². The molecule has 0 radical (unpaired) electrons. The molecule has 4 nitrogen and oxygen atoms in total. The van der Waals surface area contributed by atoms with Crippen LogP contribution in [-0.2, 0) is 11.2 Å². The third-order valence-electron chi connectivity index (χ3n) is 4.02. The Morgan fingerprint density at radius 3 is 2.75 bits per heavy atom. The van der Waals surface area contributed by atoms with Gasteiger partial charge in [-0.25, -0.2) is 0 Å². The molecule has 2 heterocycles. The number of likely N-dealkylation sites (tertiary alicyclic amines) is 1. The molecule has 0 aliphatic carbocycles. The number of carbonyl (C=O) groups excluding carboxylic acids is 1. The molecule has 20 heavy (non-hydrogen) atoms. The highest BCUT2D eigenvalue weighted by atomic mass is 16.2. The Balaban J connectivity index is 1.92. The third kappa shape index (κ3) is 3.79. The fourth-order valence-corrected chi connectivity index (χ4v) is 2.61. The summed E-state index contributed by atoms with van der Waals surface area (Å²) in [6.07, 6.45) is 4.58. The van der Waals surface area contributed by atoms with E-state index in [0.717, 1.165) is 38.2 Å². The van der Waals surface area contributed by atoms with Crippen molar-refractivity contribution in [2.45, 2.75) is 32.1 Å². The van der Waals surface area contributed by atoms with Gasteiger partial charge >= 0.3 is 0 Å². The van der Waals surface area contributed by atoms with E-state index in [1.54, 1.807) is 0 Å². The second-order valence-electron chi connectivity index (χ2n) is 5.81.